The van der Waals surface area contributed by atoms with E-state index in [1.807, 2.05) is 6.92 Å². The van der Waals surface area contributed by atoms with Gasteiger partial charge in [0.1, 0.15) is 0 Å². The molecule has 1 atom stereocenters. The zero-order chi connectivity index (χ0) is 8.32. The molecule has 1 aliphatic rings. The molecule has 0 aromatic heterocycles. The molecular weight excluding hydrogens is 148 g/mol. The van der Waals surface area contributed by atoms with Gasteiger partial charge in [0.25, 0.3) is 0 Å². The summed E-state index contributed by atoms with van der Waals surface area (Å²) >= 11 is 0. The fraction of sp³-hybridized carbons (Fsp3) is 0.667. The highest BCUT2D eigenvalue weighted by molar-refractivity contribution is 5.69. The predicted molar refractivity (Wildman–Crippen MR) is 38.0 cm³/mol. The third-order valence-corrected chi connectivity index (χ3v) is 1.63. The van der Waals surface area contributed by atoms with Crippen LogP contribution in [-0.4, -0.2) is 23.1 Å². The Morgan fingerprint density at radius 3 is 3.00 bits per heavy atom. The summed E-state index contributed by atoms with van der Waals surface area (Å²) in [5, 5.41) is 8.50. The molecule has 1 rings (SSSR count). The van der Waals surface area contributed by atoms with Gasteiger partial charge in [-0.1, -0.05) is 6.92 Å². The van der Waals surface area contributed by atoms with Crippen molar-refractivity contribution < 1.29 is 14.7 Å². The quantitative estimate of drug-likeness (QED) is 0.612. The van der Waals surface area contributed by atoms with Gasteiger partial charge in [0.15, 0.2) is 12.1 Å². The lowest BCUT2D eigenvalue weighted by Crippen LogP contribution is -2.40. The van der Waals surface area contributed by atoms with Gasteiger partial charge in [-0.05, 0) is 6.42 Å². The number of carboxylic acid groups (broad SMARTS) is 1. The Balaban J connectivity index is 2.60. The molecule has 0 aromatic rings. The summed E-state index contributed by atoms with van der Waals surface area (Å²) in [6, 6.07) is 0. The van der Waals surface area contributed by atoms with Gasteiger partial charge in [0, 0.05) is 0 Å². The van der Waals surface area contributed by atoms with Crippen molar-refractivity contribution in [1.82, 2.24) is 5.48 Å². The van der Waals surface area contributed by atoms with Crippen LogP contribution in [-0.2, 0) is 9.63 Å². The molecule has 0 spiro atoms. The van der Waals surface area contributed by atoms with Crippen LogP contribution in [0, 0.1) is 0 Å². The zero-order valence-electron chi connectivity index (χ0n) is 6.20. The smallest absolute Gasteiger partial charge is 0.307 e. The topological polar surface area (TPSA) is 70.9 Å². The standard InChI is InChI=1S/C6H10N2O3/c1-2-6(3-5(9)10)7-4-11-8-6/h4,8H,2-3H2,1H3,(H,9,10). The van der Waals surface area contributed by atoms with E-state index in [-0.39, 0.29) is 6.42 Å². The van der Waals surface area contributed by atoms with E-state index in [1.165, 1.54) is 6.40 Å². The van der Waals surface area contributed by atoms with E-state index in [1.54, 1.807) is 0 Å². The maximum Gasteiger partial charge on any atom is 0.307 e. The molecule has 0 fully saturated rings. The fourth-order valence-electron chi connectivity index (χ4n) is 0.910. The van der Waals surface area contributed by atoms with E-state index in [2.05, 4.69) is 15.3 Å². The van der Waals surface area contributed by atoms with Crippen LogP contribution in [0.15, 0.2) is 4.99 Å². The van der Waals surface area contributed by atoms with Crippen molar-refractivity contribution in [2.24, 2.45) is 4.99 Å². The molecule has 0 bridgehead atoms. The third kappa shape index (κ3) is 1.68. The SMILES string of the molecule is CCC1(CC(=O)O)N=CON1. The van der Waals surface area contributed by atoms with Gasteiger partial charge in [0.2, 0.25) is 0 Å². The lowest BCUT2D eigenvalue weighted by molar-refractivity contribution is -0.139. The van der Waals surface area contributed by atoms with Gasteiger partial charge >= 0.3 is 5.97 Å². The highest BCUT2D eigenvalue weighted by Crippen LogP contribution is 2.19. The number of hydroxylamine groups is 1. The zero-order valence-corrected chi connectivity index (χ0v) is 6.20. The minimum Gasteiger partial charge on any atom is -0.481 e. The first kappa shape index (κ1) is 8.00. The third-order valence-electron chi connectivity index (χ3n) is 1.63. The molecule has 0 saturated heterocycles. The van der Waals surface area contributed by atoms with Crippen LogP contribution >= 0.6 is 0 Å². The minimum absolute atomic E-state index is 0.0556. The number of hydrogen-bond acceptors (Lipinski definition) is 4. The molecule has 1 aliphatic heterocycles. The van der Waals surface area contributed by atoms with Crippen molar-refractivity contribution in [2.75, 3.05) is 0 Å². The highest BCUT2D eigenvalue weighted by atomic mass is 16.7. The first-order chi connectivity index (χ1) is 5.18. The van der Waals surface area contributed by atoms with Crippen molar-refractivity contribution >= 4 is 12.4 Å². The molecule has 5 nitrogen and oxygen atoms in total. The van der Waals surface area contributed by atoms with Crippen molar-refractivity contribution in [3.05, 3.63) is 0 Å². The number of rotatable bonds is 3. The summed E-state index contributed by atoms with van der Waals surface area (Å²) in [4.78, 5) is 18.9. The van der Waals surface area contributed by atoms with Gasteiger partial charge in [-0.2, -0.15) is 0 Å². The van der Waals surface area contributed by atoms with Crippen LogP contribution in [0.4, 0.5) is 0 Å². The second kappa shape index (κ2) is 2.87. The Labute approximate surface area is 64.0 Å². The molecule has 1 unspecified atom stereocenters. The first-order valence-electron chi connectivity index (χ1n) is 3.37. The Morgan fingerprint density at radius 2 is 2.64 bits per heavy atom. The molecule has 0 amide bonds. The molecule has 0 radical (unpaired) electrons. The van der Waals surface area contributed by atoms with Gasteiger partial charge in [-0.15, -0.1) is 5.48 Å². The number of nitrogens with one attached hydrogen (secondary N) is 1. The normalized spacial score (nSPS) is 28.5. The second-order valence-electron chi connectivity index (χ2n) is 2.41. The van der Waals surface area contributed by atoms with E-state index < -0.39 is 11.6 Å². The number of carbonyl (C=O) groups is 1. The number of aliphatic imine (C=N–C) groups is 1. The molecule has 0 aliphatic carbocycles. The summed E-state index contributed by atoms with van der Waals surface area (Å²) in [6.45, 7) is 1.85. The molecule has 0 saturated carbocycles. The lowest BCUT2D eigenvalue weighted by atomic mass is 10.1. The van der Waals surface area contributed by atoms with Crippen LogP contribution in [0.3, 0.4) is 0 Å². The molecule has 2 N–H and O–H groups in total. The van der Waals surface area contributed by atoms with Gasteiger partial charge in [-0.3, -0.25) is 4.79 Å². The molecule has 1 heterocycles. The van der Waals surface area contributed by atoms with Crippen LogP contribution in [0.5, 0.6) is 0 Å². The Kier molecular flexibility index (Phi) is 2.09. The number of nitrogens with zero attached hydrogens (tertiary/aromatic N) is 1. The Bertz CT molecular complexity index is 192. The molecule has 0 aromatic carbocycles. The average molecular weight is 158 g/mol. The number of carboxylic acids is 1. The van der Waals surface area contributed by atoms with Crippen molar-refractivity contribution in [3.8, 4) is 0 Å². The van der Waals surface area contributed by atoms with Crippen molar-refractivity contribution in [2.45, 2.75) is 25.4 Å². The Morgan fingerprint density at radius 1 is 1.91 bits per heavy atom. The van der Waals surface area contributed by atoms with Crippen LogP contribution in [0.1, 0.15) is 19.8 Å². The van der Waals surface area contributed by atoms with Crippen LogP contribution in [0.25, 0.3) is 0 Å². The van der Waals surface area contributed by atoms with Crippen LogP contribution < -0.4 is 5.48 Å². The van der Waals surface area contributed by atoms with E-state index in [4.69, 9.17) is 5.11 Å². The maximum absolute atomic E-state index is 10.3. The average Bonchev–Trinajstić information content (AvgIpc) is 2.36. The second-order valence-corrected chi connectivity index (χ2v) is 2.41. The fourth-order valence-corrected chi connectivity index (χ4v) is 0.910. The summed E-state index contributed by atoms with van der Waals surface area (Å²) < 4.78 is 0. The maximum atomic E-state index is 10.3. The molecule has 5 heteroatoms. The lowest BCUT2D eigenvalue weighted by Gasteiger charge is -2.19. The number of hydrogen-bond donors (Lipinski definition) is 2. The van der Waals surface area contributed by atoms with E-state index in [9.17, 15) is 4.79 Å². The largest absolute Gasteiger partial charge is 0.481 e. The van der Waals surface area contributed by atoms with E-state index in [0.717, 1.165) is 0 Å². The summed E-state index contributed by atoms with van der Waals surface area (Å²) in [7, 11) is 0. The summed E-state index contributed by atoms with van der Waals surface area (Å²) in [5.41, 5.74) is 1.80. The van der Waals surface area contributed by atoms with E-state index >= 15 is 0 Å². The number of aliphatic carboxylic acids is 1. The molecule has 62 valence electrons. The monoisotopic (exact) mass is 158 g/mol. The summed E-state index contributed by atoms with van der Waals surface area (Å²) in [6.07, 6.45) is 1.77. The van der Waals surface area contributed by atoms with Crippen molar-refractivity contribution in [3.63, 3.8) is 0 Å². The Hall–Kier alpha value is -1.10. The molecule has 11 heavy (non-hydrogen) atoms. The molecular formula is C6H10N2O3. The van der Waals surface area contributed by atoms with Crippen molar-refractivity contribution in [1.29, 1.82) is 0 Å². The summed E-state index contributed by atoms with van der Waals surface area (Å²) in [5.74, 6) is -0.887. The predicted octanol–water partition coefficient (Wildman–Crippen LogP) is 0.131. The van der Waals surface area contributed by atoms with Gasteiger partial charge < -0.3 is 9.94 Å². The highest BCUT2D eigenvalue weighted by Gasteiger charge is 2.33. The minimum atomic E-state index is -0.887. The van der Waals surface area contributed by atoms with Gasteiger partial charge in [0.05, 0.1) is 6.42 Å². The van der Waals surface area contributed by atoms with Gasteiger partial charge in [-0.25, -0.2) is 4.99 Å². The first-order valence-corrected chi connectivity index (χ1v) is 3.37. The van der Waals surface area contributed by atoms with E-state index in [0.29, 0.717) is 6.42 Å². The van der Waals surface area contributed by atoms with Crippen LogP contribution in [0.2, 0.25) is 0 Å².